The van der Waals surface area contributed by atoms with Crippen molar-refractivity contribution in [2.45, 2.75) is 0 Å². The maximum Gasteiger partial charge on any atom is -0.0173 e. The molecule has 0 nitrogen and oxygen atoms in total. The molecule has 0 amide bonds. The molecule has 24 valence electrons. The largest absolute Gasteiger partial charge is 0.0525 e. The van der Waals surface area contributed by atoms with Gasteiger partial charge in [0.2, 0.25) is 0 Å². The molecular formula is C2H2I2. The van der Waals surface area contributed by atoms with Gasteiger partial charge in [0.25, 0.3) is 0 Å². The molecule has 0 unspecified atom stereocenters. The van der Waals surface area contributed by atoms with E-state index in [0.717, 1.165) is 0 Å². The Morgan fingerprint density at radius 1 is 1.00 bits per heavy atom. The summed E-state index contributed by atoms with van der Waals surface area (Å²) in [7, 11) is 0. The lowest BCUT2D eigenvalue weighted by molar-refractivity contribution is 2.72. The summed E-state index contributed by atoms with van der Waals surface area (Å²) in [6, 6.07) is 0. The summed E-state index contributed by atoms with van der Waals surface area (Å²) in [4.78, 5) is 0. The Balaban J connectivity index is 2.55. The van der Waals surface area contributed by atoms with E-state index in [0.29, 0.717) is 0 Å². The molecule has 0 spiro atoms. The Bertz CT molecular complexity index is 19.2. The summed E-state index contributed by atoms with van der Waals surface area (Å²) < 4.78 is 3.91. The van der Waals surface area contributed by atoms with Crippen LogP contribution in [0, 0.1) is 0 Å². The second kappa shape index (κ2) is 4.20. The molecule has 0 aliphatic rings. The molecule has 0 fully saturated rings. The summed E-state index contributed by atoms with van der Waals surface area (Å²) in [6.45, 7) is 0. The van der Waals surface area contributed by atoms with E-state index in [-0.39, 0.29) is 0 Å². The highest BCUT2D eigenvalue weighted by Gasteiger charge is 1.39. The fourth-order valence-corrected chi connectivity index (χ4v) is 0. The van der Waals surface area contributed by atoms with E-state index in [1.807, 2.05) is 8.17 Å². The molecule has 0 N–H and O–H groups in total. The highest BCUT2D eigenvalue weighted by atomic mass is 127. The number of halogens is 2. The van der Waals surface area contributed by atoms with Crippen LogP contribution in [0.1, 0.15) is 0 Å². The Labute approximate surface area is 52.9 Å². The maximum absolute atomic E-state index is 2.16. The lowest BCUT2D eigenvalue weighted by Gasteiger charge is -1.44. The molecule has 2 heteroatoms. The quantitative estimate of drug-likeness (QED) is 0.597. The van der Waals surface area contributed by atoms with Crippen LogP contribution in [0.3, 0.4) is 0 Å². The van der Waals surface area contributed by atoms with Crippen molar-refractivity contribution in [3.05, 3.63) is 8.17 Å². The molecule has 0 saturated heterocycles. The Morgan fingerprint density at radius 3 is 1.25 bits per heavy atom. The van der Waals surface area contributed by atoms with Crippen LogP contribution in [0.5, 0.6) is 0 Å². The smallest absolute Gasteiger partial charge is 0.0173 e. The van der Waals surface area contributed by atoms with Crippen LogP contribution >= 0.6 is 45.2 Å². The lowest BCUT2D eigenvalue weighted by Crippen LogP contribution is -1.06. The van der Waals surface area contributed by atoms with E-state index in [4.69, 9.17) is 0 Å². The van der Waals surface area contributed by atoms with Crippen molar-refractivity contribution in [2.75, 3.05) is 0 Å². The van der Waals surface area contributed by atoms with E-state index in [9.17, 15) is 0 Å². The lowest BCUT2D eigenvalue weighted by atomic mass is 11.3. The van der Waals surface area contributed by atoms with E-state index >= 15 is 0 Å². The van der Waals surface area contributed by atoms with Gasteiger partial charge in [-0.15, -0.1) is 0 Å². The predicted molar refractivity (Wildman–Crippen MR) is 37.2 cm³/mol. The van der Waals surface area contributed by atoms with Gasteiger partial charge in [-0.1, -0.05) is 45.2 Å². The molecule has 0 aliphatic heterocycles. The van der Waals surface area contributed by atoms with Gasteiger partial charge in [0.05, 0.1) is 0 Å². The van der Waals surface area contributed by atoms with Crippen LogP contribution in [0.4, 0.5) is 0 Å². The molecule has 0 saturated carbocycles. The second-order valence-electron chi connectivity index (χ2n) is 0.252. The minimum Gasteiger partial charge on any atom is -0.0525 e. The highest BCUT2D eigenvalue weighted by molar-refractivity contribution is 14.1. The molecule has 0 aromatic rings. The van der Waals surface area contributed by atoms with Gasteiger partial charge in [-0.3, -0.25) is 0 Å². The first kappa shape index (κ1) is 5.20. The third-order valence-electron chi connectivity index (χ3n) is 0.0476. The zero-order valence-electron chi connectivity index (χ0n) is 1.91. The van der Waals surface area contributed by atoms with Gasteiger partial charge in [0.1, 0.15) is 0 Å². The van der Waals surface area contributed by atoms with Crippen molar-refractivity contribution in [1.29, 1.82) is 0 Å². The average Bonchev–Trinajstić information content (AvgIpc) is 1.37. The van der Waals surface area contributed by atoms with E-state index in [2.05, 4.69) is 45.2 Å². The predicted octanol–water partition coefficient (Wildman–Crippen LogP) is 2.33. The van der Waals surface area contributed by atoms with Crippen LogP contribution in [0.2, 0.25) is 0 Å². The van der Waals surface area contributed by atoms with E-state index in [1.54, 1.807) is 0 Å². The summed E-state index contributed by atoms with van der Waals surface area (Å²) in [5.41, 5.74) is 0. The number of hydrogen-bond donors (Lipinski definition) is 0. The summed E-state index contributed by atoms with van der Waals surface area (Å²) in [5.74, 6) is 0. The third-order valence-corrected chi connectivity index (χ3v) is 2.14. The number of hydrogen-bond acceptors (Lipinski definition) is 0. The first-order chi connectivity index (χ1) is 1.91. The standard InChI is InChI=1S/C2H2I2/c3-1-2-4/h1-2H/b2-1+. The molecule has 0 aliphatic carbocycles. The van der Waals surface area contributed by atoms with E-state index < -0.39 is 0 Å². The first-order valence-corrected chi connectivity index (χ1v) is 3.26. The minimum atomic E-state index is 1.96. The monoisotopic (exact) mass is 280 g/mol. The SMILES string of the molecule is I/C=C/I. The van der Waals surface area contributed by atoms with E-state index in [1.165, 1.54) is 0 Å². The normalized spacial score (nSPS) is 9.50. The van der Waals surface area contributed by atoms with Crippen molar-refractivity contribution < 1.29 is 0 Å². The average molecular weight is 280 g/mol. The summed E-state index contributed by atoms with van der Waals surface area (Å²) in [6.07, 6.45) is 0. The molecule has 0 heterocycles. The van der Waals surface area contributed by atoms with Crippen molar-refractivity contribution in [1.82, 2.24) is 0 Å². The zero-order chi connectivity index (χ0) is 3.41. The molecule has 0 rings (SSSR count). The molecule has 0 bridgehead atoms. The Kier molecular flexibility index (Phi) is 5.46. The van der Waals surface area contributed by atoms with Gasteiger partial charge < -0.3 is 0 Å². The number of rotatable bonds is 0. The van der Waals surface area contributed by atoms with Crippen molar-refractivity contribution >= 4 is 45.2 Å². The maximum atomic E-state index is 2.16. The third kappa shape index (κ3) is 3.20. The topological polar surface area (TPSA) is 0 Å². The van der Waals surface area contributed by atoms with Gasteiger partial charge in [-0.05, 0) is 8.17 Å². The van der Waals surface area contributed by atoms with Gasteiger partial charge in [-0.2, -0.15) is 0 Å². The zero-order valence-corrected chi connectivity index (χ0v) is 6.23. The molecule has 0 aromatic carbocycles. The summed E-state index contributed by atoms with van der Waals surface area (Å²) >= 11 is 4.33. The second-order valence-corrected chi connectivity index (χ2v) is 1.69. The fraction of sp³-hybridized carbons (Fsp3) is 0. The molecule has 0 aromatic heterocycles. The summed E-state index contributed by atoms with van der Waals surface area (Å²) in [5, 5.41) is 0. The molecule has 0 radical (unpaired) electrons. The van der Waals surface area contributed by atoms with Gasteiger partial charge in [0.15, 0.2) is 0 Å². The van der Waals surface area contributed by atoms with Gasteiger partial charge >= 0.3 is 0 Å². The van der Waals surface area contributed by atoms with Crippen molar-refractivity contribution in [3.8, 4) is 0 Å². The Morgan fingerprint density at radius 2 is 1.25 bits per heavy atom. The van der Waals surface area contributed by atoms with Crippen LogP contribution in [0.15, 0.2) is 8.17 Å². The van der Waals surface area contributed by atoms with Crippen LogP contribution in [0.25, 0.3) is 0 Å². The fourth-order valence-electron chi connectivity index (χ4n) is 0. The first-order valence-electron chi connectivity index (χ1n) is 0.770. The van der Waals surface area contributed by atoms with Crippen molar-refractivity contribution in [2.24, 2.45) is 0 Å². The molecule has 4 heavy (non-hydrogen) atoms. The van der Waals surface area contributed by atoms with Gasteiger partial charge in [-0.25, -0.2) is 0 Å². The molecular weight excluding hydrogens is 278 g/mol. The van der Waals surface area contributed by atoms with Gasteiger partial charge in [0, 0.05) is 0 Å². The van der Waals surface area contributed by atoms with Crippen LogP contribution in [-0.4, -0.2) is 0 Å². The Hall–Kier alpha value is 1.20. The van der Waals surface area contributed by atoms with Crippen LogP contribution < -0.4 is 0 Å². The highest BCUT2D eigenvalue weighted by Crippen LogP contribution is 1.88. The van der Waals surface area contributed by atoms with Crippen LogP contribution in [-0.2, 0) is 0 Å². The minimum absolute atomic E-state index is 1.96. The van der Waals surface area contributed by atoms with Crippen molar-refractivity contribution in [3.63, 3.8) is 0 Å². The molecule has 0 atom stereocenters.